The first-order chi connectivity index (χ1) is 14.9. The molecule has 0 saturated carbocycles. The summed E-state index contributed by atoms with van der Waals surface area (Å²) in [5.41, 5.74) is 4.83. The van der Waals surface area contributed by atoms with Gasteiger partial charge in [-0.1, -0.05) is 0 Å². The molecule has 1 saturated heterocycles. The van der Waals surface area contributed by atoms with Crippen molar-refractivity contribution in [2.24, 2.45) is 0 Å². The van der Waals surface area contributed by atoms with E-state index in [2.05, 4.69) is 4.98 Å². The van der Waals surface area contributed by atoms with Crippen LogP contribution in [0.1, 0.15) is 33.9 Å². The van der Waals surface area contributed by atoms with Gasteiger partial charge in [0.15, 0.2) is 24.5 Å². The number of hydrogen-bond donors (Lipinski definition) is 1. The monoisotopic (exact) mass is 567 g/mol. The van der Waals surface area contributed by atoms with Gasteiger partial charge in [0, 0.05) is 33.9 Å². The minimum atomic E-state index is -1.42. The fourth-order valence-corrected chi connectivity index (χ4v) is 3.49. The normalized spacial score (nSPS) is 24.8. The minimum absolute atomic E-state index is 0.0301. The number of carbonyl (C=O) groups is 4. The van der Waals surface area contributed by atoms with Crippen LogP contribution >= 0.6 is 22.6 Å². The van der Waals surface area contributed by atoms with Crippen LogP contribution < -0.4 is 11.4 Å². The van der Waals surface area contributed by atoms with Gasteiger partial charge in [-0.2, -0.15) is 4.98 Å². The number of esters is 4. The Hall–Kier alpha value is -2.75. The third-order valence-corrected chi connectivity index (χ3v) is 5.01. The molecule has 0 spiro atoms. The average Bonchev–Trinajstić information content (AvgIpc) is 2.65. The van der Waals surface area contributed by atoms with E-state index in [0.29, 0.717) is 3.57 Å². The number of carbonyl (C=O) groups excluding carboxylic acids is 4. The summed E-state index contributed by atoms with van der Waals surface area (Å²) in [6.45, 7) is 4.05. The molecule has 0 amide bonds. The van der Waals surface area contributed by atoms with Crippen LogP contribution in [0, 0.1) is 3.57 Å². The lowest BCUT2D eigenvalue weighted by Gasteiger charge is -2.44. The van der Waals surface area contributed by atoms with Crippen molar-refractivity contribution >= 4 is 52.3 Å². The zero-order chi connectivity index (χ0) is 24.2. The maximum atomic E-state index is 12.6. The molecule has 1 aliphatic heterocycles. The Morgan fingerprint density at radius 1 is 1.00 bits per heavy atom. The predicted octanol–water partition coefficient (Wildman–Crippen LogP) is -0.314. The molecular weight excluding hydrogens is 545 g/mol. The molecule has 0 aliphatic carbocycles. The molecule has 1 aromatic rings. The lowest BCUT2D eigenvalue weighted by Crippen LogP contribution is -2.61. The topological polar surface area (TPSA) is 175 Å². The van der Waals surface area contributed by atoms with E-state index >= 15 is 0 Å². The van der Waals surface area contributed by atoms with E-state index < -0.39 is 66.8 Å². The molecule has 2 N–H and O–H groups in total. The molecule has 176 valence electrons. The van der Waals surface area contributed by atoms with E-state index in [4.69, 9.17) is 29.4 Å². The Kier molecular flexibility index (Phi) is 8.54. The van der Waals surface area contributed by atoms with Gasteiger partial charge in [0.25, 0.3) is 0 Å². The number of nitrogen functional groups attached to an aromatic ring is 1. The van der Waals surface area contributed by atoms with Crippen molar-refractivity contribution in [1.82, 2.24) is 9.55 Å². The van der Waals surface area contributed by atoms with E-state index in [1.807, 2.05) is 22.6 Å². The summed E-state index contributed by atoms with van der Waals surface area (Å²) in [4.78, 5) is 63.0. The summed E-state index contributed by atoms with van der Waals surface area (Å²) >= 11 is 1.84. The summed E-state index contributed by atoms with van der Waals surface area (Å²) in [6.07, 6.45) is -5.41. The van der Waals surface area contributed by atoms with Gasteiger partial charge >= 0.3 is 29.6 Å². The molecule has 2 heterocycles. The van der Waals surface area contributed by atoms with E-state index in [0.717, 1.165) is 32.3 Å². The SMILES string of the molecule is CC(=O)OC[C@H]1O[C@@H](n2cc(I)c(N)nc2=O)[C@H](OC(C)=O)[C@@H](OC(C)=O)[C@@H]1OC(C)=O. The van der Waals surface area contributed by atoms with Crippen LogP contribution in [0.4, 0.5) is 5.82 Å². The summed E-state index contributed by atoms with van der Waals surface area (Å²) < 4.78 is 28.2. The Bertz CT molecular complexity index is 965. The molecule has 0 radical (unpaired) electrons. The third kappa shape index (κ3) is 6.38. The van der Waals surface area contributed by atoms with Crippen LogP contribution in [0.15, 0.2) is 11.0 Å². The number of hydrogen-bond acceptors (Lipinski definition) is 12. The summed E-state index contributed by atoms with van der Waals surface area (Å²) in [5.74, 6) is -3.01. The lowest BCUT2D eigenvalue weighted by molar-refractivity contribution is -0.269. The maximum absolute atomic E-state index is 12.6. The van der Waals surface area contributed by atoms with E-state index in [9.17, 15) is 24.0 Å². The Morgan fingerprint density at radius 2 is 1.53 bits per heavy atom. The van der Waals surface area contributed by atoms with Crippen molar-refractivity contribution < 1.29 is 42.9 Å². The standard InChI is InChI=1S/C18H22IN3O10/c1-7(23)28-6-12-13(29-8(2)24)14(30-9(3)25)15(31-10(4)26)17(32-12)22-5-11(19)16(20)21-18(22)27/h5,12-15,17H,6H2,1-4H3,(H2,20,21,27)/t12-,13-,14+,15-,17-/m1/s1. The van der Waals surface area contributed by atoms with Crippen molar-refractivity contribution in [1.29, 1.82) is 0 Å². The molecule has 1 aromatic heterocycles. The van der Waals surface area contributed by atoms with Crippen molar-refractivity contribution in [2.45, 2.75) is 58.3 Å². The highest BCUT2D eigenvalue weighted by Crippen LogP contribution is 2.34. The zero-order valence-electron chi connectivity index (χ0n) is 17.6. The van der Waals surface area contributed by atoms with Gasteiger partial charge in [0.05, 0.1) is 3.57 Å². The largest absolute Gasteiger partial charge is 0.463 e. The van der Waals surface area contributed by atoms with E-state index in [1.165, 1.54) is 6.20 Å². The van der Waals surface area contributed by atoms with Gasteiger partial charge in [-0.3, -0.25) is 23.7 Å². The Morgan fingerprint density at radius 3 is 2.06 bits per heavy atom. The molecule has 13 nitrogen and oxygen atoms in total. The molecule has 1 aliphatic rings. The van der Waals surface area contributed by atoms with Crippen molar-refractivity contribution in [3.8, 4) is 0 Å². The summed E-state index contributed by atoms with van der Waals surface area (Å²) in [5, 5.41) is 0. The summed E-state index contributed by atoms with van der Waals surface area (Å²) in [6, 6.07) is 0. The van der Waals surface area contributed by atoms with E-state index in [1.54, 1.807) is 0 Å². The molecule has 5 atom stereocenters. The predicted molar refractivity (Wildman–Crippen MR) is 113 cm³/mol. The van der Waals surface area contributed by atoms with Gasteiger partial charge in [-0.05, 0) is 22.6 Å². The number of nitrogens with zero attached hydrogens (tertiary/aromatic N) is 2. The van der Waals surface area contributed by atoms with Crippen molar-refractivity contribution in [3.63, 3.8) is 0 Å². The molecule has 2 rings (SSSR count). The number of nitrogens with two attached hydrogens (primary N) is 1. The lowest BCUT2D eigenvalue weighted by atomic mass is 9.97. The molecule has 0 bridgehead atoms. The Labute approximate surface area is 195 Å². The molecule has 1 fully saturated rings. The second-order valence-corrected chi connectivity index (χ2v) is 7.92. The maximum Gasteiger partial charge on any atom is 0.351 e. The molecule has 32 heavy (non-hydrogen) atoms. The van der Waals surface area contributed by atoms with Crippen LogP contribution in [0.5, 0.6) is 0 Å². The van der Waals surface area contributed by atoms with Crippen molar-refractivity contribution in [3.05, 3.63) is 20.3 Å². The molecule has 0 aromatic carbocycles. The van der Waals surface area contributed by atoms with Crippen LogP contribution in [0.3, 0.4) is 0 Å². The highest BCUT2D eigenvalue weighted by atomic mass is 127. The number of halogens is 1. The first-order valence-electron chi connectivity index (χ1n) is 9.25. The van der Waals surface area contributed by atoms with E-state index in [-0.39, 0.29) is 5.82 Å². The molecule has 14 heteroatoms. The van der Waals surface area contributed by atoms with Gasteiger partial charge < -0.3 is 29.4 Å². The van der Waals surface area contributed by atoms with Crippen LogP contribution in [0.25, 0.3) is 0 Å². The smallest absolute Gasteiger partial charge is 0.351 e. The second kappa shape index (κ2) is 10.7. The highest BCUT2D eigenvalue weighted by Gasteiger charge is 2.53. The third-order valence-electron chi connectivity index (χ3n) is 4.17. The fraction of sp³-hybridized carbons (Fsp3) is 0.556. The number of ether oxygens (including phenoxy) is 5. The van der Waals surface area contributed by atoms with Crippen LogP contribution in [-0.2, 0) is 42.9 Å². The number of anilines is 1. The quantitative estimate of drug-likeness (QED) is 0.270. The minimum Gasteiger partial charge on any atom is -0.463 e. The second-order valence-electron chi connectivity index (χ2n) is 6.75. The van der Waals surface area contributed by atoms with Gasteiger partial charge in [0.1, 0.15) is 18.5 Å². The number of aromatic nitrogens is 2. The van der Waals surface area contributed by atoms with Crippen molar-refractivity contribution in [2.75, 3.05) is 12.3 Å². The highest BCUT2D eigenvalue weighted by molar-refractivity contribution is 14.1. The summed E-state index contributed by atoms with van der Waals surface area (Å²) in [7, 11) is 0. The van der Waals surface area contributed by atoms with Gasteiger partial charge in [-0.25, -0.2) is 4.79 Å². The first-order valence-corrected chi connectivity index (χ1v) is 10.3. The Balaban J connectivity index is 2.64. The van der Waals surface area contributed by atoms with Gasteiger partial charge in [0.2, 0.25) is 0 Å². The number of rotatable bonds is 6. The van der Waals surface area contributed by atoms with Crippen LogP contribution in [0.2, 0.25) is 0 Å². The van der Waals surface area contributed by atoms with Gasteiger partial charge in [-0.15, -0.1) is 0 Å². The average molecular weight is 567 g/mol. The van der Waals surface area contributed by atoms with Crippen LogP contribution in [-0.4, -0.2) is 64.5 Å². The first kappa shape index (κ1) is 25.5. The molecular formula is C18H22IN3O10. The molecule has 0 unspecified atom stereocenters. The fourth-order valence-electron chi connectivity index (χ4n) is 3.07. The zero-order valence-corrected chi connectivity index (χ0v) is 19.8.